The first-order valence-corrected chi connectivity index (χ1v) is 3.60. The van der Waals surface area contributed by atoms with Crippen LogP contribution in [0, 0.1) is 0 Å². The number of aliphatic hydroxyl groups excluding tert-OH is 1. The fraction of sp³-hybridized carbons (Fsp3) is 0.833. The van der Waals surface area contributed by atoms with E-state index in [0.29, 0.717) is 6.54 Å². The van der Waals surface area contributed by atoms with Gasteiger partial charge in [0.2, 0.25) is 5.24 Å². The van der Waals surface area contributed by atoms with Gasteiger partial charge in [-0.25, -0.2) is 0 Å². The normalized spacial score (nSPS) is 10.4. The van der Waals surface area contributed by atoms with Crippen LogP contribution < -0.4 is 0 Å². The van der Waals surface area contributed by atoms with Crippen LogP contribution in [-0.2, 0) is 4.79 Å². The minimum atomic E-state index is -0.379. The molecule has 10 heavy (non-hydrogen) atoms. The molecule has 0 aromatic rings. The quantitative estimate of drug-likeness (QED) is 0.586. The van der Waals surface area contributed by atoms with Crippen molar-refractivity contribution in [1.82, 2.24) is 4.90 Å². The molecule has 0 rings (SSSR count). The zero-order valence-corrected chi connectivity index (χ0v) is 6.76. The highest BCUT2D eigenvalue weighted by Crippen LogP contribution is 1.89. The third-order valence-electron chi connectivity index (χ3n) is 1.21. The van der Waals surface area contributed by atoms with Gasteiger partial charge in [0.25, 0.3) is 0 Å². The second kappa shape index (κ2) is 5.65. The number of rotatable bonds is 5. The van der Waals surface area contributed by atoms with Gasteiger partial charge in [-0.2, -0.15) is 0 Å². The molecular weight excluding hydrogens is 154 g/mol. The molecule has 0 saturated heterocycles. The summed E-state index contributed by atoms with van der Waals surface area (Å²) in [5.41, 5.74) is 0. The summed E-state index contributed by atoms with van der Waals surface area (Å²) in [6, 6.07) is 0. The number of carbonyl (C=O) groups is 1. The van der Waals surface area contributed by atoms with Gasteiger partial charge >= 0.3 is 0 Å². The van der Waals surface area contributed by atoms with E-state index in [4.69, 9.17) is 16.7 Å². The van der Waals surface area contributed by atoms with Crippen molar-refractivity contribution in [2.45, 2.75) is 6.92 Å². The van der Waals surface area contributed by atoms with Gasteiger partial charge in [0, 0.05) is 6.54 Å². The second-order valence-electron chi connectivity index (χ2n) is 1.95. The molecule has 1 N–H and O–H groups in total. The van der Waals surface area contributed by atoms with Crippen LogP contribution in [0.1, 0.15) is 6.92 Å². The Kier molecular flexibility index (Phi) is 5.58. The molecule has 4 heteroatoms. The predicted molar refractivity (Wildman–Crippen MR) is 40.1 cm³/mol. The van der Waals surface area contributed by atoms with Gasteiger partial charge in [-0.1, -0.05) is 6.92 Å². The number of nitrogens with zero attached hydrogens (tertiary/aromatic N) is 1. The van der Waals surface area contributed by atoms with Crippen molar-refractivity contribution in [2.24, 2.45) is 0 Å². The average molecular weight is 166 g/mol. The van der Waals surface area contributed by atoms with Gasteiger partial charge in [0.15, 0.2) is 0 Å². The molecule has 0 heterocycles. The van der Waals surface area contributed by atoms with Crippen LogP contribution in [0.25, 0.3) is 0 Å². The van der Waals surface area contributed by atoms with E-state index in [1.54, 1.807) is 4.90 Å². The molecule has 3 nitrogen and oxygen atoms in total. The predicted octanol–water partition coefficient (Wildman–Crippen LogP) is 0.0660. The Labute approximate surface area is 65.6 Å². The van der Waals surface area contributed by atoms with E-state index in [1.807, 2.05) is 6.92 Å². The summed E-state index contributed by atoms with van der Waals surface area (Å²) in [5.74, 6) is 0. The Bertz CT molecular complexity index is 108. The first kappa shape index (κ1) is 9.88. The van der Waals surface area contributed by atoms with E-state index in [0.717, 1.165) is 6.54 Å². The van der Waals surface area contributed by atoms with Gasteiger partial charge in [0.05, 0.1) is 13.2 Å². The smallest absolute Gasteiger partial charge is 0.235 e. The van der Waals surface area contributed by atoms with Crippen molar-refractivity contribution in [3.63, 3.8) is 0 Å². The molecule has 0 spiro atoms. The molecule has 0 amide bonds. The SMILES string of the molecule is CCN(CCO)CC(=O)Cl. The molecular formula is C6H12ClNO2. The topological polar surface area (TPSA) is 40.5 Å². The minimum Gasteiger partial charge on any atom is -0.395 e. The first-order chi connectivity index (χ1) is 4.70. The lowest BCUT2D eigenvalue weighted by Crippen LogP contribution is -2.30. The lowest BCUT2D eigenvalue weighted by molar-refractivity contribution is -0.112. The second-order valence-corrected chi connectivity index (χ2v) is 2.37. The van der Waals surface area contributed by atoms with Crippen LogP contribution in [0.3, 0.4) is 0 Å². The third kappa shape index (κ3) is 4.73. The van der Waals surface area contributed by atoms with E-state index >= 15 is 0 Å². The molecule has 0 aromatic heterocycles. The highest BCUT2D eigenvalue weighted by atomic mass is 35.5. The highest BCUT2D eigenvalue weighted by molar-refractivity contribution is 6.64. The van der Waals surface area contributed by atoms with E-state index < -0.39 is 0 Å². The Balaban J connectivity index is 3.49. The maximum absolute atomic E-state index is 10.3. The number of hydrogen-bond acceptors (Lipinski definition) is 3. The zero-order chi connectivity index (χ0) is 7.98. The number of carbonyl (C=O) groups excluding carboxylic acids is 1. The van der Waals surface area contributed by atoms with Gasteiger partial charge < -0.3 is 5.11 Å². The summed E-state index contributed by atoms with van der Waals surface area (Å²) >= 11 is 5.12. The third-order valence-corrected chi connectivity index (χ3v) is 1.33. The van der Waals surface area contributed by atoms with Crippen LogP contribution in [0.4, 0.5) is 0 Å². The van der Waals surface area contributed by atoms with E-state index in [9.17, 15) is 4.79 Å². The number of likely N-dealkylation sites (N-methyl/N-ethyl adjacent to an activating group) is 1. The van der Waals surface area contributed by atoms with Crippen LogP contribution in [-0.4, -0.2) is 41.5 Å². The molecule has 0 aliphatic carbocycles. The van der Waals surface area contributed by atoms with Gasteiger partial charge in [-0.15, -0.1) is 0 Å². The molecule has 0 fully saturated rings. The average Bonchev–Trinajstić information content (AvgIpc) is 1.86. The van der Waals surface area contributed by atoms with Crippen LogP contribution in [0.2, 0.25) is 0 Å². The van der Waals surface area contributed by atoms with E-state index in [1.165, 1.54) is 0 Å². The summed E-state index contributed by atoms with van der Waals surface area (Å²) in [6.07, 6.45) is 0. The summed E-state index contributed by atoms with van der Waals surface area (Å²) in [4.78, 5) is 12.1. The van der Waals surface area contributed by atoms with E-state index in [2.05, 4.69) is 0 Å². The Morgan fingerprint density at radius 2 is 2.30 bits per heavy atom. The Hall–Kier alpha value is -0.120. The Morgan fingerprint density at radius 3 is 2.60 bits per heavy atom. The molecule has 0 radical (unpaired) electrons. The standard InChI is InChI=1S/C6H12ClNO2/c1-2-8(3-4-9)5-6(7)10/h9H,2-5H2,1H3. The van der Waals surface area contributed by atoms with Gasteiger partial charge in [0.1, 0.15) is 0 Å². The fourth-order valence-electron chi connectivity index (χ4n) is 0.666. The summed E-state index contributed by atoms with van der Waals surface area (Å²) in [5, 5.41) is 8.11. The van der Waals surface area contributed by atoms with Crippen molar-refractivity contribution in [3.05, 3.63) is 0 Å². The Morgan fingerprint density at radius 1 is 1.70 bits per heavy atom. The lowest BCUT2D eigenvalue weighted by Gasteiger charge is -2.15. The van der Waals surface area contributed by atoms with Gasteiger partial charge in [-0.3, -0.25) is 9.69 Å². The van der Waals surface area contributed by atoms with Crippen molar-refractivity contribution in [3.8, 4) is 0 Å². The van der Waals surface area contributed by atoms with E-state index in [-0.39, 0.29) is 18.4 Å². The van der Waals surface area contributed by atoms with Crippen molar-refractivity contribution in [1.29, 1.82) is 0 Å². The molecule has 0 unspecified atom stereocenters. The number of aliphatic hydroxyl groups is 1. The monoisotopic (exact) mass is 165 g/mol. The first-order valence-electron chi connectivity index (χ1n) is 3.22. The van der Waals surface area contributed by atoms with Crippen LogP contribution in [0.15, 0.2) is 0 Å². The lowest BCUT2D eigenvalue weighted by atomic mass is 10.5. The highest BCUT2D eigenvalue weighted by Gasteiger charge is 2.04. The molecule has 0 aliphatic rings. The molecule has 0 bridgehead atoms. The number of halogens is 1. The molecule has 60 valence electrons. The summed E-state index contributed by atoms with van der Waals surface area (Å²) < 4.78 is 0. The summed E-state index contributed by atoms with van der Waals surface area (Å²) in [6.45, 7) is 3.44. The zero-order valence-electron chi connectivity index (χ0n) is 6.01. The largest absolute Gasteiger partial charge is 0.395 e. The number of hydrogen-bond donors (Lipinski definition) is 1. The maximum Gasteiger partial charge on any atom is 0.235 e. The van der Waals surface area contributed by atoms with Crippen molar-refractivity contribution in [2.75, 3.05) is 26.2 Å². The molecule has 0 aliphatic heterocycles. The van der Waals surface area contributed by atoms with Gasteiger partial charge in [-0.05, 0) is 18.1 Å². The molecule has 0 aromatic carbocycles. The van der Waals surface area contributed by atoms with Crippen molar-refractivity contribution < 1.29 is 9.90 Å². The maximum atomic E-state index is 10.3. The molecule has 0 atom stereocenters. The van der Waals surface area contributed by atoms with Crippen LogP contribution >= 0.6 is 11.6 Å². The molecule has 0 saturated carbocycles. The minimum absolute atomic E-state index is 0.0675. The fourth-order valence-corrected chi connectivity index (χ4v) is 0.835. The van der Waals surface area contributed by atoms with Crippen molar-refractivity contribution >= 4 is 16.8 Å². The summed E-state index contributed by atoms with van der Waals surface area (Å²) in [7, 11) is 0. The van der Waals surface area contributed by atoms with Crippen LogP contribution in [0.5, 0.6) is 0 Å².